The molecule has 0 unspecified atom stereocenters. The van der Waals surface area contributed by atoms with E-state index in [-0.39, 0.29) is 18.9 Å². The van der Waals surface area contributed by atoms with E-state index in [1.54, 1.807) is 0 Å². The second-order valence-electron chi connectivity index (χ2n) is 5.49. The Kier molecular flexibility index (Phi) is 4.75. The van der Waals surface area contributed by atoms with E-state index in [1.165, 1.54) is 0 Å². The molecule has 0 heterocycles. The molecule has 0 radical (unpaired) electrons. The highest BCUT2D eigenvalue weighted by Crippen LogP contribution is 2.41. The highest BCUT2D eigenvalue weighted by atomic mass is 16.3. The first kappa shape index (κ1) is 16.6. The van der Waals surface area contributed by atoms with Gasteiger partial charge < -0.3 is 10.2 Å². The highest BCUT2D eigenvalue weighted by molar-refractivity contribution is 5.88. The monoisotopic (exact) mass is 306 g/mol. The number of hydrogen-bond acceptors (Lipinski definition) is 2. The van der Waals surface area contributed by atoms with Gasteiger partial charge in [-0.15, -0.1) is 0 Å². The maximum atomic E-state index is 10.4. The Labute approximate surface area is 137 Å². The van der Waals surface area contributed by atoms with Crippen LogP contribution in [0, 0.1) is 13.8 Å². The van der Waals surface area contributed by atoms with Gasteiger partial charge in [0.25, 0.3) is 0 Å². The van der Waals surface area contributed by atoms with E-state index in [2.05, 4.69) is 0 Å². The van der Waals surface area contributed by atoms with Crippen molar-refractivity contribution in [3.05, 3.63) is 71.8 Å². The molecular weight excluding hydrogens is 284 g/mol. The predicted molar refractivity (Wildman–Crippen MR) is 96.8 cm³/mol. The van der Waals surface area contributed by atoms with Crippen LogP contribution in [-0.2, 0) is 0 Å². The van der Waals surface area contributed by atoms with Crippen LogP contribution in [0.15, 0.2) is 60.7 Å². The number of phenolic OH excluding ortho intramolecular Hbond substituents is 2. The fourth-order valence-corrected chi connectivity index (χ4v) is 2.71. The van der Waals surface area contributed by atoms with Gasteiger partial charge in [0.15, 0.2) is 0 Å². The second kappa shape index (κ2) is 6.57. The highest BCUT2D eigenvalue weighted by Gasteiger charge is 2.14. The lowest BCUT2D eigenvalue weighted by atomic mass is 9.92. The van der Waals surface area contributed by atoms with E-state index in [1.807, 2.05) is 74.5 Å². The van der Waals surface area contributed by atoms with Gasteiger partial charge in [0.05, 0.1) is 0 Å². The molecule has 3 aromatic carbocycles. The van der Waals surface area contributed by atoms with Crippen LogP contribution in [0.4, 0.5) is 0 Å². The molecule has 0 bridgehead atoms. The molecule has 2 N–H and O–H groups in total. The number of para-hydroxylation sites is 2. The molecule has 0 aliphatic heterocycles. The summed E-state index contributed by atoms with van der Waals surface area (Å²) >= 11 is 0. The summed E-state index contributed by atoms with van der Waals surface area (Å²) in [5.74, 6) is 0.559. The molecule has 0 aromatic heterocycles. The SMILES string of the molecule is C.Cc1cccc(-c2ccccc2-c2cccc(C)c2O)c1O. The summed E-state index contributed by atoms with van der Waals surface area (Å²) in [4.78, 5) is 0. The van der Waals surface area contributed by atoms with Gasteiger partial charge >= 0.3 is 0 Å². The van der Waals surface area contributed by atoms with E-state index in [0.29, 0.717) is 0 Å². The van der Waals surface area contributed by atoms with E-state index < -0.39 is 0 Å². The van der Waals surface area contributed by atoms with Crippen molar-refractivity contribution in [2.24, 2.45) is 0 Å². The average molecular weight is 306 g/mol. The van der Waals surface area contributed by atoms with Crippen molar-refractivity contribution in [2.75, 3.05) is 0 Å². The predicted octanol–water partition coefficient (Wildman–Crippen LogP) is 5.68. The van der Waals surface area contributed by atoms with Crippen LogP contribution in [0.25, 0.3) is 22.3 Å². The maximum absolute atomic E-state index is 10.4. The van der Waals surface area contributed by atoms with Gasteiger partial charge in [0, 0.05) is 11.1 Å². The topological polar surface area (TPSA) is 40.5 Å². The summed E-state index contributed by atoms with van der Waals surface area (Å²) in [6.07, 6.45) is 0. The summed E-state index contributed by atoms with van der Waals surface area (Å²) in [7, 11) is 0. The lowest BCUT2D eigenvalue weighted by Gasteiger charge is -2.14. The van der Waals surface area contributed by atoms with Gasteiger partial charge in [-0.3, -0.25) is 0 Å². The van der Waals surface area contributed by atoms with E-state index >= 15 is 0 Å². The summed E-state index contributed by atoms with van der Waals surface area (Å²) in [5, 5.41) is 20.8. The first-order valence-corrected chi connectivity index (χ1v) is 7.26. The third-order valence-electron chi connectivity index (χ3n) is 3.98. The lowest BCUT2D eigenvalue weighted by molar-refractivity contribution is 0.472. The molecule has 2 heteroatoms. The van der Waals surface area contributed by atoms with Crippen LogP contribution in [0.1, 0.15) is 18.6 Å². The Balaban J connectivity index is 0.00000192. The molecular formula is C21H22O2. The molecule has 0 atom stereocenters. The van der Waals surface area contributed by atoms with Crippen LogP contribution >= 0.6 is 0 Å². The van der Waals surface area contributed by atoms with Gasteiger partial charge in [-0.1, -0.05) is 68.1 Å². The zero-order chi connectivity index (χ0) is 15.7. The number of benzene rings is 3. The van der Waals surface area contributed by atoms with E-state index in [9.17, 15) is 10.2 Å². The Morgan fingerprint density at radius 3 is 1.26 bits per heavy atom. The molecule has 0 fully saturated rings. The summed E-state index contributed by atoms with van der Waals surface area (Å²) in [5.41, 5.74) is 5.03. The van der Waals surface area contributed by atoms with E-state index in [0.717, 1.165) is 33.4 Å². The summed E-state index contributed by atoms with van der Waals surface area (Å²) < 4.78 is 0. The third-order valence-corrected chi connectivity index (χ3v) is 3.98. The van der Waals surface area contributed by atoms with Crippen LogP contribution in [0.2, 0.25) is 0 Å². The van der Waals surface area contributed by atoms with Crippen LogP contribution < -0.4 is 0 Å². The van der Waals surface area contributed by atoms with Crippen molar-refractivity contribution in [3.8, 4) is 33.8 Å². The second-order valence-corrected chi connectivity index (χ2v) is 5.49. The molecule has 2 nitrogen and oxygen atoms in total. The first-order chi connectivity index (χ1) is 10.6. The fraction of sp³-hybridized carbons (Fsp3) is 0.143. The molecule has 23 heavy (non-hydrogen) atoms. The first-order valence-electron chi connectivity index (χ1n) is 7.26. The summed E-state index contributed by atoms with van der Waals surface area (Å²) in [6.45, 7) is 3.76. The Morgan fingerprint density at radius 1 is 0.522 bits per heavy atom. The van der Waals surface area contributed by atoms with Gasteiger partial charge in [0.2, 0.25) is 0 Å². The number of rotatable bonds is 2. The molecule has 0 aliphatic rings. The molecule has 118 valence electrons. The van der Waals surface area contributed by atoms with Crippen LogP contribution in [0.3, 0.4) is 0 Å². The van der Waals surface area contributed by atoms with Crippen molar-refractivity contribution in [2.45, 2.75) is 21.3 Å². The largest absolute Gasteiger partial charge is 0.507 e. The quantitative estimate of drug-likeness (QED) is 0.639. The van der Waals surface area contributed by atoms with Crippen LogP contribution in [-0.4, -0.2) is 10.2 Å². The fourth-order valence-electron chi connectivity index (χ4n) is 2.71. The minimum Gasteiger partial charge on any atom is -0.507 e. The third kappa shape index (κ3) is 2.93. The van der Waals surface area contributed by atoms with Gasteiger partial charge in [-0.25, -0.2) is 0 Å². The van der Waals surface area contributed by atoms with Gasteiger partial charge in [0.1, 0.15) is 11.5 Å². The molecule has 0 aliphatic carbocycles. The Hall–Kier alpha value is -2.74. The molecule has 3 aromatic rings. The molecule has 3 rings (SSSR count). The molecule has 0 spiro atoms. The number of aryl methyl sites for hydroxylation is 2. The van der Waals surface area contributed by atoms with Gasteiger partial charge in [-0.05, 0) is 36.1 Å². The van der Waals surface area contributed by atoms with E-state index in [4.69, 9.17) is 0 Å². The lowest BCUT2D eigenvalue weighted by Crippen LogP contribution is -1.88. The zero-order valence-electron chi connectivity index (χ0n) is 12.7. The minimum atomic E-state index is 0. The molecule has 0 saturated heterocycles. The maximum Gasteiger partial charge on any atom is 0.126 e. The van der Waals surface area contributed by atoms with Crippen molar-refractivity contribution in [1.82, 2.24) is 0 Å². The molecule has 0 saturated carbocycles. The number of aromatic hydroxyl groups is 2. The smallest absolute Gasteiger partial charge is 0.126 e. The molecule has 0 amide bonds. The number of phenols is 2. The van der Waals surface area contributed by atoms with Crippen molar-refractivity contribution in [1.29, 1.82) is 0 Å². The van der Waals surface area contributed by atoms with Gasteiger partial charge in [-0.2, -0.15) is 0 Å². The summed E-state index contributed by atoms with van der Waals surface area (Å²) in [6, 6.07) is 19.2. The minimum absolute atomic E-state index is 0. The van der Waals surface area contributed by atoms with Crippen molar-refractivity contribution >= 4 is 0 Å². The normalized spacial score (nSPS) is 10.2. The standard InChI is InChI=1S/C20H18O2.CH4/c1-13-7-5-11-17(19(13)21)15-9-3-4-10-16(15)18-12-6-8-14(2)20(18)22;/h3-12,21-22H,1-2H3;1H4. The van der Waals surface area contributed by atoms with Crippen molar-refractivity contribution < 1.29 is 10.2 Å². The Bertz CT molecular complexity index is 764. The van der Waals surface area contributed by atoms with Crippen LogP contribution in [0.5, 0.6) is 11.5 Å². The average Bonchev–Trinajstić information content (AvgIpc) is 2.53. The number of hydrogen-bond donors (Lipinski definition) is 2. The van der Waals surface area contributed by atoms with Crippen molar-refractivity contribution in [3.63, 3.8) is 0 Å². The Morgan fingerprint density at radius 2 is 0.870 bits per heavy atom. The zero-order valence-corrected chi connectivity index (χ0v) is 12.7.